The highest BCUT2D eigenvalue weighted by atomic mass is 16.5. The van der Waals surface area contributed by atoms with Gasteiger partial charge in [-0.25, -0.2) is 0 Å². The number of hydrogen-bond acceptors (Lipinski definition) is 4. The van der Waals surface area contributed by atoms with Gasteiger partial charge in [0.1, 0.15) is 5.75 Å². The van der Waals surface area contributed by atoms with Crippen molar-refractivity contribution in [1.82, 2.24) is 0 Å². The minimum Gasteiger partial charge on any atom is -0.484 e. The van der Waals surface area contributed by atoms with Crippen LogP contribution in [0.4, 0.5) is 11.4 Å². The Morgan fingerprint density at radius 3 is 2.36 bits per heavy atom. The van der Waals surface area contributed by atoms with Gasteiger partial charge in [-0.15, -0.1) is 0 Å². The molecule has 1 N–H and O–H groups in total. The Bertz CT molecular complexity index is 742. The normalized spacial score (nSPS) is 13.8. The van der Waals surface area contributed by atoms with Crippen LogP contribution in [0.15, 0.2) is 48.5 Å². The molecule has 0 aliphatic carbocycles. The molecule has 5 nitrogen and oxygen atoms in total. The quantitative estimate of drug-likeness (QED) is 0.907. The van der Waals surface area contributed by atoms with Crippen LogP contribution in [0.2, 0.25) is 0 Å². The first-order valence-electron chi connectivity index (χ1n) is 8.52. The summed E-state index contributed by atoms with van der Waals surface area (Å²) in [5.74, 6) is 0.352. The number of nitrogens with zero attached hydrogens (tertiary/aromatic N) is 2. The lowest BCUT2D eigenvalue weighted by Crippen LogP contribution is -2.29. The smallest absolute Gasteiger partial charge is 0.262 e. The lowest BCUT2D eigenvalue weighted by molar-refractivity contribution is -0.118. The predicted molar refractivity (Wildman–Crippen MR) is 97.8 cm³/mol. The van der Waals surface area contributed by atoms with E-state index in [-0.39, 0.29) is 12.5 Å². The molecule has 128 valence electrons. The Kier molecular flexibility index (Phi) is 5.53. The number of ether oxygens (including phenoxy) is 1. The molecular weight excluding hydrogens is 314 g/mol. The molecule has 0 unspecified atom stereocenters. The van der Waals surface area contributed by atoms with Gasteiger partial charge in [-0.1, -0.05) is 0 Å². The summed E-state index contributed by atoms with van der Waals surface area (Å²) in [6.45, 7) is 2.13. The largest absolute Gasteiger partial charge is 0.484 e. The van der Waals surface area contributed by atoms with Gasteiger partial charge in [-0.05, 0) is 67.8 Å². The molecule has 25 heavy (non-hydrogen) atoms. The number of nitrogens with one attached hydrogen (secondary N) is 1. The van der Waals surface area contributed by atoms with Crippen LogP contribution in [0.25, 0.3) is 0 Å². The summed E-state index contributed by atoms with van der Waals surface area (Å²) in [4.78, 5) is 14.4. The van der Waals surface area contributed by atoms with Crippen molar-refractivity contribution in [3.8, 4) is 11.8 Å². The van der Waals surface area contributed by atoms with Crippen LogP contribution < -0.4 is 15.0 Å². The number of carbonyl (C=O) groups is 1. The molecule has 0 radical (unpaired) electrons. The van der Waals surface area contributed by atoms with E-state index in [2.05, 4.69) is 10.2 Å². The number of amides is 1. The second-order valence-electron chi connectivity index (χ2n) is 6.07. The number of anilines is 2. The van der Waals surface area contributed by atoms with Gasteiger partial charge in [0.25, 0.3) is 5.91 Å². The summed E-state index contributed by atoms with van der Waals surface area (Å²) in [5.41, 5.74) is 2.52. The SMILES string of the molecule is N#Cc1ccc(OCC(=O)Nc2ccc(N3CCCCC3)cc2)cc1. The average molecular weight is 335 g/mol. The van der Waals surface area contributed by atoms with Crippen LogP contribution in [0.1, 0.15) is 24.8 Å². The van der Waals surface area contributed by atoms with Crippen LogP contribution in [-0.2, 0) is 4.79 Å². The Morgan fingerprint density at radius 2 is 1.72 bits per heavy atom. The number of rotatable bonds is 5. The molecular formula is C20H21N3O2. The minimum atomic E-state index is -0.213. The summed E-state index contributed by atoms with van der Waals surface area (Å²) < 4.78 is 5.43. The second-order valence-corrected chi connectivity index (χ2v) is 6.07. The second kappa shape index (κ2) is 8.20. The minimum absolute atomic E-state index is 0.0697. The van der Waals surface area contributed by atoms with Crippen molar-refractivity contribution in [3.05, 3.63) is 54.1 Å². The zero-order chi connectivity index (χ0) is 17.5. The summed E-state index contributed by atoms with van der Waals surface area (Å²) in [7, 11) is 0. The molecule has 0 aromatic heterocycles. The van der Waals surface area contributed by atoms with E-state index in [4.69, 9.17) is 10.00 Å². The van der Waals surface area contributed by atoms with Gasteiger partial charge < -0.3 is 15.0 Å². The van der Waals surface area contributed by atoms with E-state index in [1.54, 1.807) is 24.3 Å². The molecule has 0 atom stereocenters. The molecule has 1 fully saturated rings. The maximum Gasteiger partial charge on any atom is 0.262 e. The van der Waals surface area contributed by atoms with E-state index in [1.165, 1.54) is 24.9 Å². The third-order valence-corrected chi connectivity index (χ3v) is 4.23. The van der Waals surface area contributed by atoms with E-state index < -0.39 is 0 Å². The molecule has 1 amide bonds. The summed E-state index contributed by atoms with van der Waals surface area (Å²) in [6, 6.07) is 16.6. The van der Waals surface area contributed by atoms with Crippen molar-refractivity contribution in [2.24, 2.45) is 0 Å². The fraction of sp³-hybridized carbons (Fsp3) is 0.300. The van der Waals surface area contributed by atoms with Crippen LogP contribution in [-0.4, -0.2) is 25.6 Å². The Hall–Kier alpha value is -3.00. The first-order valence-corrected chi connectivity index (χ1v) is 8.52. The van der Waals surface area contributed by atoms with Gasteiger partial charge in [-0.2, -0.15) is 5.26 Å². The summed E-state index contributed by atoms with van der Waals surface area (Å²) >= 11 is 0. The van der Waals surface area contributed by atoms with Crippen LogP contribution in [0, 0.1) is 11.3 Å². The zero-order valence-corrected chi connectivity index (χ0v) is 14.1. The van der Waals surface area contributed by atoms with Crippen LogP contribution in [0.5, 0.6) is 5.75 Å². The molecule has 5 heteroatoms. The molecule has 1 heterocycles. The molecule has 0 spiro atoms. The third kappa shape index (κ3) is 4.74. The first-order chi connectivity index (χ1) is 12.2. The maximum atomic E-state index is 12.0. The van der Waals surface area contributed by atoms with Crippen molar-refractivity contribution in [1.29, 1.82) is 5.26 Å². The molecule has 1 aliphatic rings. The predicted octanol–water partition coefficient (Wildman–Crippen LogP) is 3.57. The lowest BCUT2D eigenvalue weighted by atomic mass is 10.1. The van der Waals surface area contributed by atoms with E-state index in [0.29, 0.717) is 11.3 Å². The van der Waals surface area contributed by atoms with Crippen LogP contribution in [0.3, 0.4) is 0 Å². The van der Waals surface area contributed by atoms with Gasteiger partial charge >= 0.3 is 0 Å². The Labute approximate surface area is 147 Å². The molecule has 3 rings (SSSR count). The highest BCUT2D eigenvalue weighted by Gasteiger charge is 2.11. The van der Waals surface area contributed by atoms with Gasteiger partial charge in [0.05, 0.1) is 11.6 Å². The standard InChI is InChI=1S/C20H21N3O2/c21-14-16-4-10-19(11-5-16)25-15-20(24)22-17-6-8-18(9-7-17)23-12-2-1-3-13-23/h4-11H,1-3,12-13,15H2,(H,22,24). The third-order valence-electron chi connectivity index (χ3n) is 4.23. The molecule has 0 saturated carbocycles. The maximum absolute atomic E-state index is 12.0. The number of benzene rings is 2. The first kappa shape index (κ1) is 16.8. The van der Waals surface area contributed by atoms with Crippen molar-refractivity contribution >= 4 is 17.3 Å². The lowest BCUT2D eigenvalue weighted by Gasteiger charge is -2.28. The molecule has 1 aliphatic heterocycles. The van der Waals surface area contributed by atoms with Crippen molar-refractivity contribution in [3.63, 3.8) is 0 Å². The average Bonchev–Trinajstić information content (AvgIpc) is 2.68. The summed E-state index contributed by atoms with van der Waals surface area (Å²) in [5, 5.41) is 11.6. The van der Waals surface area contributed by atoms with E-state index >= 15 is 0 Å². The topological polar surface area (TPSA) is 65.4 Å². The van der Waals surface area contributed by atoms with E-state index in [1.807, 2.05) is 30.3 Å². The number of piperidine rings is 1. The Morgan fingerprint density at radius 1 is 1.04 bits per heavy atom. The fourth-order valence-corrected chi connectivity index (χ4v) is 2.88. The fourth-order valence-electron chi connectivity index (χ4n) is 2.88. The van der Waals surface area contributed by atoms with Gasteiger partial charge in [0.15, 0.2) is 6.61 Å². The zero-order valence-electron chi connectivity index (χ0n) is 14.1. The highest BCUT2D eigenvalue weighted by Crippen LogP contribution is 2.21. The monoisotopic (exact) mass is 335 g/mol. The number of nitriles is 1. The molecule has 2 aromatic carbocycles. The van der Waals surface area contributed by atoms with Gasteiger partial charge in [-0.3, -0.25) is 4.79 Å². The molecule has 2 aromatic rings. The number of hydrogen-bond donors (Lipinski definition) is 1. The number of carbonyl (C=O) groups excluding carboxylic acids is 1. The van der Waals surface area contributed by atoms with Gasteiger partial charge in [0.2, 0.25) is 0 Å². The highest BCUT2D eigenvalue weighted by molar-refractivity contribution is 5.92. The van der Waals surface area contributed by atoms with Crippen LogP contribution >= 0.6 is 0 Å². The summed E-state index contributed by atoms with van der Waals surface area (Å²) in [6.07, 6.45) is 3.79. The van der Waals surface area contributed by atoms with E-state index in [9.17, 15) is 4.79 Å². The van der Waals surface area contributed by atoms with Crippen molar-refractivity contribution in [2.75, 3.05) is 29.9 Å². The van der Waals surface area contributed by atoms with Crippen molar-refractivity contribution in [2.45, 2.75) is 19.3 Å². The Balaban J connectivity index is 1.49. The molecule has 0 bridgehead atoms. The van der Waals surface area contributed by atoms with Gasteiger partial charge in [0, 0.05) is 24.5 Å². The van der Waals surface area contributed by atoms with E-state index in [0.717, 1.165) is 18.8 Å². The van der Waals surface area contributed by atoms with Crippen molar-refractivity contribution < 1.29 is 9.53 Å². The molecule has 1 saturated heterocycles.